The number of hydrogen-bond donors (Lipinski definition) is 2. The first-order valence-electron chi connectivity index (χ1n) is 9.76. The van der Waals surface area contributed by atoms with Crippen molar-refractivity contribution in [3.05, 3.63) is 35.7 Å². The number of aromatic nitrogens is 4. The Labute approximate surface area is 180 Å². The molecule has 0 radical (unpaired) electrons. The molecule has 2 heterocycles. The highest BCUT2D eigenvalue weighted by Gasteiger charge is 2.20. The summed E-state index contributed by atoms with van der Waals surface area (Å²) >= 11 is 0. The average Bonchev–Trinajstić information content (AvgIpc) is 3.03. The van der Waals surface area contributed by atoms with Crippen LogP contribution >= 0.6 is 0 Å². The molecule has 3 rings (SSSR count). The van der Waals surface area contributed by atoms with Gasteiger partial charge in [0.15, 0.2) is 17.0 Å². The number of methoxy groups -OCH3 is 1. The first-order valence-corrected chi connectivity index (χ1v) is 9.76. The molecule has 1 aromatic carbocycles. The zero-order chi connectivity index (χ0) is 22.8. The van der Waals surface area contributed by atoms with Crippen LogP contribution in [0.15, 0.2) is 24.3 Å². The average molecular weight is 429 g/mol. The number of nitrogen functional groups attached to an aromatic ring is 1. The summed E-state index contributed by atoms with van der Waals surface area (Å²) in [6.45, 7) is 7.29. The van der Waals surface area contributed by atoms with Crippen molar-refractivity contribution >= 4 is 23.0 Å². The number of carbonyl (C=O) groups excluding carboxylic acids is 1. The van der Waals surface area contributed by atoms with Gasteiger partial charge < -0.3 is 25.1 Å². The van der Waals surface area contributed by atoms with Crippen LogP contribution in [0, 0.1) is 6.92 Å². The standard InChI is InChI=1S/C21H27N5O5/c1-12-23-17(22)16-18(24-12)26(20(25-16)29-5)10-14(27)11-30-15-8-6-13(7-9-15)19(28)31-21(2,3)4/h6-9,14,27H,10-11H2,1-5H3,(H2,22,23,24). The minimum atomic E-state index is -0.881. The molecular weight excluding hydrogens is 402 g/mol. The Morgan fingerprint density at radius 2 is 1.87 bits per heavy atom. The van der Waals surface area contributed by atoms with E-state index in [1.54, 1.807) is 35.8 Å². The zero-order valence-electron chi connectivity index (χ0n) is 18.2. The monoisotopic (exact) mass is 429 g/mol. The number of ether oxygens (including phenoxy) is 3. The molecule has 0 fully saturated rings. The second kappa shape index (κ2) is 8.76. The Balaban J connectivity index is 1.66. The number of benzene rings is 1. The van der Waals surface area contributed by atoms with Crippen molar-refractivity contribution in [3.63, 3.8) is 0 Å². The van der Waals surface area contributed by atoms with E-state index in [2.05, 4.69) is 15.0 Å². The predicted octanol–water partition coefficient (Wildman–Crippen LogP) is 2.12. The van der Waals surface area contributed by atoms with Crippen molar-refractivity contribution < 1.29 is 24.1 Å². The van der Waals surface area contributed by atoms with Crippen LogP contribution in [0.4, 0.5) is 5.82 Å². The van der Waals surface area contributed by atoms with Crippen LogP contribution in [-0.4, -0.2) is 56.0 Å². The topological polar surface area (TPSA) is 135 Å². The van der Waals surface area contributed by atoms with Gasteiger partial charge in [-0.05, 0) is 52.0 Å². The Morgan fingerprint density at radius 3 is 2.48 bits per heavy atom. The molecule has 0 bridgehead atoms. The van der Waals surface area contributed by atoms with Gasteiger partial charge in [0.1, 0.15) is 29.9 Å². The molecule has 3 N–H and O–H groups in total. The summed E-state index contributed by atoms with van der Waals surface area (Å²) in [5.41, 5.74) is 6.66. The number of aryl methyl sites for hydroxylation is 1. The predicted molar refractivity (Wildman–Crippen MR) is 114 cm³/mol. The number of anilines is 1. The number of hydrogen-bond acceptors (Lipinski definition) is 9. The first-order chi connectivity index (χ1) is 14.6. The molecule has 10 heteroatoms. The van der Waals surface area contributed by atoms with Gasteiger partial charge in [-0.15, -0.1) is 0 Å². The first kappa shape index (κ1) is 22.3. The van der Waals surface area contributed by atoms with Gasteiger partial charge in [0.05, 0.1) is 19.2 Å². The van der Waals surface area contributed by atoms with Crippen LogP contribution in [0.2, 0.25) is 0 Å². The van der Waals surface area contributed by atoms with Crippen molar-refractivity contribution in [2.75, 3.05) is 19.5 Å². The molecule has 0 aliphatic carbocycles. The summed E-state index contributed by atoms with van der Waals surface area (Å²) in [7, 11) is 1.48. The van der Waals surface area contributed by atoms with E-state index in [1.165, 1.54) is 7.11 Å². The van der Waals surface area contributed by atoms with Gasteiger partial charge in [-0.1, -0.05) is 0 Å². The fraction of sp³-hybridized carbons (Fsp3) is 0.429. The van der Waals surface area contributed by atoms with Crippen LogP contribution < -0.4 is 15.2 Å². The SMILES string of the molecule is COc1nc2c(N)nc(C)nc2n1CC(O)COc1ccc(C(=O)OC(C)(C)C)cc1. The Hall–Kier alpha value is -3.40. The Bertz CT molecular complexity index is 1070. The van der Waals surface area contributed by atoms with Gasteiger partial charge in [-0.25, -0.2) is 14.8 Å². The second-order valence-electron chi connectivity index (χ2n) is 8.03. The molecule has 0 aliphatic heterocycles. The minimum Gasteiger partial charge on any atom is -0.491 e. The lowest BCUT2D eigenvalue weighted by molar-refractivity contribution is 0.00694. The van der Waals surface area contributed by atoms with E-state index in [4.69, 9.17) is 19.9 Å². The maximum Gasteiger partial charge on any atom is 0.338 e. The summed E-state index contributed by atoms with van der Waals surface area (Å²) in [6, 6.07) is 6.80. The molecule has 3 aromatic rings. The van der Waals surface area contributed by atoms with Crippen LogP contribution in [-0.2, 0) is 11.3 Å². The molecular formula is C21H27N5O5. The van der Waals surface area contributed by atoms with E-state index in [0.29, 0.717) is 28.3 Å². The number of carbonyl (C=O) groups is 1. The molecule has 0 saturated heterocycles. The third-order valence-corrected chi connectivity index (χ3v) is 4.21. The Kier molecular flexibility index (Phi) is 6.30. The highest BCUT2D eigenvalue weighted by Crippen LogP contribution is 2.24. The summed E-state index contributed by atoms with van der Waals surface area (Å²) in [4.78, 5) is 24.8. The molecule has 166 valence electrons. The number of esters is 1. The number of aliphatic hydroxyl groups is 1. The van der Waals surface area contributed by atoms with Crippen molar-refractivity contribution in [1.29, 1.82) is 0 Å². The maximum absolute atomic E-state index is 12.1. The van der Waals surface area contributed by atoms with Gasteiger partial charge in [-0.3, -0.25) is 4.57 Å². The van der Waals surface area contributed by atoms with E-state index < -0.39 is 17.7 Å². The molecule has 1 atom stereocenters. The van der Waals surface area contributed by atoms with Crippen molar-refractivity contribution in [2.45, 2.75) is 45.9 Å². The number of aliphatic hydroxyl groups excluding tert-OH is 1. The maximum atomic E-state index is 12.1. The summed E-state index contributed by atoms with van der Waals surface area (Å²) < 4.78 is 17.9. The summed E-state index contributed by atoms with van der Waals surface area (Å²) in [5.74, 6) is 0.839. The number of rotatable bonds is 7. The summed E-state index contributed by atoms with van der Waals surface area (Å²) in [6.07, 6.45) is -0.881. The van der Waals surface area contributed by atoms with E-state index >= 15 is 0 Å². The van der Waals surface area contributed by atoms with Crippen LogP contribution in [0.3, 0.4) is 0 Å². The fourth-order valence-corrected chi connectivity index (χ4v) is 2.92. The van der Waals surface area contributed by atoms with E-state index in [1.807, 2.05) is 20.8 Å². The molecule has 0 spiro atoms. The smallest absolute Gasteiger partial charge is 0.338 e. The normalized spacial score (nSPS) is 12.6. The van der Waals surface area contributed by atoms with Crippen LogP contribution in [0.25, 0.3) is 11.2 Å². The molecule has 0 aliphatic rings. The van der Waals surface area contributed by atoms with Gasteiger partial charge in [0.25, 0.3) is 6.01 Å². The highest BCUT2D eigenvalue weighted by molar-refractivity contribution is 5.89. The third kappa shape index (κ3) is 5.40. The fourth-order valence-electron chi connectivity index (χ4n) is 2.92. The molecule has 0 saturated carbocycles. The number of fused-ring (bicyclic) bond motifs is 1. The lowest BCUT2D eigenvalue weighted by atomic mass is 10.1. The van der Waals surface area contributed by atoms with Gasteiger partial charge in [-0.2, -0.15) is 4.98 Å². The minimum absolute atomic E-state index is 0.00809. The molecule has 2 aromatic heterocycles. The summed E-state index contributed by atoms with van der Waals surface area (Å²) in [5, 5.41) is 10.5. The van der Waals surface area contributed by atoms with Crippen LogP contribution in [0.5, 0.6) is 11.8 Å². The molecule has 10 nitrogen and oxygen atoms in total. The number of imidazole rings is 1. The lowest BCUT2D eigenvalue weighted by Crippen LogP contribution is -2.24. The van der Waals surface area contributed by atoms with Gasteiger partial charge in [0.2, 0.25) is 0 Å². The van der Waals surface area contributed by atoms with E-state index in [-0.39, 0.29) is 25.0 Å². The van der Waals surface area contributed by atoms with Crippen molar-refractivity contribution in [1.82, 2.24) is 19.5 Å². The largest absolute Gasteiger partial charge is 0.491 e. The highest BCUT2D eigenvalue weighted by atomic mass is 16.6. The van der Waals surface area contributed by atoms with Crippen molar-refractivity contribution in [3.8, 4) is 11.8 Å². The van der Waals surface area contributed by atoms with Crippen molar-refractivity contribution in [2.24, 2.45) is 0 Å². The lowest BCUT2D eigenvalue weighted by Gasteiger charge is -2.19. The Morgan fingerprint density at radius 1 is 1.19 bits per heavy atom. The molecule has 31 heavy (non-hydrogen) atoms. The van der Waals surface area contributed by atoms with E-state index in [9.17, 15) is 9.90 Å². The van der Waals surface area contributed by atoms with Gasteiger partial charge >= 0.3 is 5.97 Å². The quantitative estimate of drug-likeness (QED) is 0.541. The molecule has 0 amide bonds. The second-order valence-corrected chi connectivity index (χ2v) is 8.03. The van der Waals surface area contributed by atoms with Crippen LogP contribution in [0.1, 0.15) is 37.0 Å². The zero-order valence-corrected chi connectivity index (χ0v) is 18.2. The van der Waals surface area contributed by atoms with E-state index in [0.717, 1.165) is 0 Å². The number of nitrogens with zero attached hydrogens (tertiary/aromatic N) is 4. The third-order valence-electron chi connectivity index (χ3n) is 4.21. The molecule has 1 unspecified atom stereocenters. The number of nitrogens with two attached hydrogens (primary N) is 1. The van der Waals surface area contributed by atoms with Gasteiger partial charge in [0, 0.05) is 0 Å².